The lowest BCUT2D eigenvalue weighted by molar-refractivity contribution is -0.710. The van der Waals surface area contributed by atoms with Gasteiger partial charge in [-0.2, -0.15) is 0 Å². The Morgan fingerprint density at radius 2 is 2.19 bits per heavy atom. The maximum atomic E-state index is 11.1. The lowest BCUT2D eigenvalue weighted by Crippen LogP contribution is -2.40. The highest BCUT2D eigenvalue weighted by atomic mass is 16.8. The first-order valence-electron chi connectivity index (χ1n) is 4.25. The molecule has 0 aliphatic carbocycles. The van der Waals surface area contributed by atoms with Crippen LogP contribution in [0.2, 0.25) is 0 Å². The quantitative estimate of drug-likeness (QED) is 0.168. The van der Waals surface area contributed by atoms with Crippen molar-refractivity contribution in [1.82, 2.24) is 5.01 Å². The average molecular weight is 235 g/mol. The number of nitrogens with zero attached hydrogens (tertiary/aromatic N) is 3. The summed E-state index contributed by atoms with van der Waals surface area (Å²) in [5.74, 6) is -1.77. The molecule has 0 aromatic heterocycles. The molecule has 0 aromatic carbocycles. The van der Waals surface area contributed by atoms with Gasteiger partial charge in [-0.05, 0) is 6.92 Å². The van der Waals surface area contributed by atoms with E-state index in [0.717, 1.165) is 11.9 Å². The number of carboxylic acid groups (broad SMARTS) is 1. The molecule has 9 heteroatoms. The number of carbonyl (C=O) groups is 2. The summed E-state index contributed by atoms with van der Waals surface area (Å²) in [7, 11) is 1.23. The Bertz CT molecular complexity index is 292. The number of carbonyl (C=O) groups excluding carboxylic acids is 1. The van der Waals surface area contributed by atoms with Crippen LogP contribution in [0.5, 0.6) is 0 Å². The van der Waals surface area contributed by atoms with Crippen LogP contribution < -0.4 is 0 Å². The zero-order valence-electron chi connectivity index (χ0n) is 9.11. The Kier molecular flexibility index (Phi) is 5.60. The van der Waals surface area contributed by atoms with E-state index in [2.05, 4.69) is 14.9 Å². The van der Waals surface area contributed by atoms with Gasteiger partial charge in [0.25, 0.3) is 6.79 Å². The Hall–Kier alpha value is -2.06. The van der Waals surface area contributed by atoms with Crippen molar-refractivity contribution in [1.29, 1.82) is 0 Å². The van der Waals surface area contributed by atoms with Gasteiger partial charge in [0.05, 0.1) is 12.0 Å². The molecule has 0 fully saturated rings. The number of hydrogen-bond acceptors (Lipinski definition) is 6. The molecule has 0 aromatic rings. The molecule has 0 radical (unpaired) electrons. The molecule has 0 spiro atoms. The van der Waals surface area contributed by atoms with Gasteiger partial charge in [-0.15, -0.1) is 5.01 Å². The van der Waals surface area contributed by atoms with Crippen LogP contribution in [0.1, 0.15) is 13.8 Å². The molecule has 0 amide bonds. The molecule has 92 valence electrons. The molecule has 0 rings (SSSR count). The highest BCUT2D eigenvalue weighted by molar-refractivity contribution is 5.72. The van der Waals surface area contributed by atoms with Crippen molar-refractivity contribution in [2.75, 3.05) is 13.8 Å². The summed E-state index contributed by atoms with van der Waals surface area (Å²) < 4.78 is 4.32. The van der Waals surface area contributed by atoms with Crippen molar-refractivity contribution in [3.63, 3.8) is 0 Å². The number of aliphatic carboxylic acids is 1. The Labute approximate surface area is 91.4 Å². The molecule has 0 unspecified atom stereocenters. The molecule has 9 nitrogen and oxygen atoms in total. The second kappa shape index (κ2) is 6.43. The van der Waals surface area contributed by atoms with E-state index >= 15 is 0 Å². The van der Waals surface area contributed by atoms with Gasteiger partial charge in [-0.3, -0.25) is 4.79 Å². The lowest BCUT2D eigenvalue weighted by Gasteiger charge is -2.16. The van der Waals surface area contributed by atoms with E-state index in [1.54, 1.807) is 0 Å². The second-order valence-corrected chi connectivity index (χ2v) is 2.81. The maximum Gasteiger partial charge on any atom is 0.331 e. The molecule has 0 heterocycles. The summed E-state index contributed by atoms with van der Waals surface area (Å²) in [5.41, 5.74) is 0. The monoisotopic (exact) mass is 235 g/mol. The van der Waals surface area contributed by atoms with Crippen LogP contribution in [-0.2, 0) is 19.2 Å². The van der Waals surface area contributed by atoms with Crippen molar-refractivity contribution in [2.45, 2.75) is 19.9 Å². The van der Waals surface area contributed by atoms with Gasteiger partial charge >= 0.3 is 11.9 Å². The highest BCUT2D eigenvalue weighted by Crippen LogP contribution is 1.97. The first-order valence-corrected chi connectivity index (χ1v) is 4.25. The van der Waals surface area contributed by atoms with Crippen LogP contribution in [0.15, 0.2) is 5.28 Å². The van der Waals surface area contributed by atoms with Crippen LogP contribution >= 0.6 is 0 Å². The molecule has 1 atom stereocenters. The standard InChI is InChI=1S/C7H13N3O6/c1-5(7(12)13)9(3)10(14)8-16-4-15-6(2)11/h5H,4H2,1-3H3,(H,12,13)/t5-/m0/s1. The molecule has 0 saturated heterocycles. The number of likely N-dealkylation sites (N-methyl/N-ethyl adjacent to an activating group) is 1. The van der Waals surface area contributed by atoms with E-state index in [1.165, 1.54) is 14.0 Å². The van der Waals surface area contributed by atoms with E-state index in [1.807, 2.05) is 0 Å². The van der Waals surface area contributed by atoms with Crippen LogP contribution in [0.4, 0.5) is 0 Å². The normalized spacial score (nSPS) is 12.8. The van der Waals surface area contributed by atoms with E-state index in [0.29, 0.717) is 0 Å². The minimum atomic E-state index is -1.18. The first-order chi connectivity index (χ1) is 7.36. The van der Waals surface area contributed by atoms with Crippen molar-refractivity contribution >= 4 is 11.9 Å². The summed E-state index contributed by atoms with van der Waals surface area (Å²) in [6.07, 6.45) is 0. The van der Waals surface area contributed by atoms with Gasteiger partial charge in [0, 0.05) is 6.92 Å². The number of rotatable bonds is 6. The largest absolute Gasteiger partial charge is 0.569 e. The number of ether oxygens (including phenoxy) is 1. The van der Waals surface area contributed by atoms with Gasteiger partial charge in [-0.25, -0.2) is 4.79 Å². The fourth-order valence-electron chi connectivity index (χ4n) is 0.548. The van der Waals surface area contributed by atoms with Gasteiger partial charge in [0.15, 0.2) is 6.04 Å². The Morgan fingerprint density at radius 1 is 1.62 bits per heavy atom. The predicted octanol–water partition coefficient (Wildman–Crippen LogP) is -0.279. The van der Waals surface area contributed by atoms with Crippen molar-refractivity contribution in [3.8, 4) is 0 Å². The topological polar surface area (TPSA) is 114 Å². The third-order valence-electron chi connectivity index (χ3n) is 1.63. The minimum absolute atomic E-state index is 0.0533. The lowest BCUT2D eigenvalue weighted by atomic mass is 10.3. The van der Waals surface area contributed by atoms with E-state index < -0.39 is 24.8 Å². The summed E-state index contributed by atoms with van der Waals surface area (Å²) in [5, 5.41) is 23.4. The van der Waals surface area contributed by atoms with E-state index in [9.17, 15) is 14.8 Å². The fourth-order valence-corrected chi connectivity index (χ4v) is 0.548. The van der Waals surface area contributed by atoms with Crippen LogP contribution in [0.25, 0.3) is 0 Å². The predicted molar refractivity (Wildman–Crippen MR) is 48.6 cm³/mol. The SMILES string of the molecule is CC(=O)OCON=[N+]([O-])N(C)[C@@H](C)C(=O)O. The minimum Gasteiger partial charge on any atom is -0.569 e. The molecule has 0 bridgehead atoms. The van der Waals surface area contributed by atoms with Gasteiger partial charge in [0.2, 0.25) is 5.28 Å². The van der Waals surface area contributed by atoms with E-state index in [-0.39, 0.29) is 4.97 Å². The zero-order chi connectivity index (χ0) is 12.7. The van der Waals surface area contributed by atoms with E-state index in [4.69, 9.17) is 5.11 Å². The van der Waals surface area contributed by atoms with Gasteiger partial charge in [-0.1, -0.05) is 0 Å². The molecule has 0 aliphatic heterocycles. The number of hydrogen-bond donors (Lipinski definition) is 1. The Balaban J connectivity index is 4.11. The van der Waals surface area contributed by atoms with Crippen LogP contribution in [0, 0.1) is 5.21 Å². The summed E-state index contributed by atoms with van der Waals surface area (Å²) in [4.78, 5) is 25.1. The third-order valence-corrected chi connectivity index (χ3v) is 1.63. The number of hydrazine groups is 1. The summed E-state index contributed by atoms with van der Waals surface area (Å²) >= 11 is 0. The van der Waals surface area contributed by atoms with Gasteiger partial charge in [0.1, 0.15) is 0 Å². The van der Waals surface area contributed by atoms with Crippen LogP contribution in [-0.4, -0.2) is 46.9 Å². The Morgan fingerprint density at radius 3 is 2.62 bits per heavy atom. The van der Waals surface area contributed by atoms with Crippen LogP contribution in [0.3, 0.4) is 0 Å². The average Bonchev–Trinajstić information content (AvgIpc) is 2.21. The van der Waals surface area contributed by atoms with Gasteiger partial charge < -0.3 is 19.9 Å². The number of carboxylic acids is 1. The third kappa shape index (κ3) is 4.98. The van der Waals surface area contributed by atoms with Crippen molar-refractivity contribution in [2.24, 2.45) is 5.28 Å². The molecular weight excluding hydrogens is 222 g/mol. The first kappa shape index (κ1) is 13.9. The smallest absolute Gasteiger partial charge is 0.331 e. The molecule has 0 saturated carbocycles. The number of esters is 1. The summed E-state index contributed by atoms with van der Waals surface area (Å²) in [6.45, 7) is 1.95. The molecule has 1 N–H and O–H groups in total. The molecule has 16 heavy (non-hydrogen) atoms. The molecular formula is C7H13N3O6. The summed E-state index contributed by atoms with van der Waals surface area (Å²) in [6, 6.07) is -1.06. The highest BCUT2D eigenvalue weighted by Gasteiger charge is 2.23. The maximum absolute atomic E-state index is 11.1. The fraction of sp³-hybridized carbons (Fsp3) is 0.714. The molecule has 0 aliphatic rings. The van der Waals surface area contributed by atoms with Crippen molar-refractivity contribution < 1.29 is 29.2 Å². The van der Waals surface area contributed by atoms with Crippen molar-refractivity contribution in [3.05, 3.63) is 5.21 Å². The second-order valence-electron chi connectivity index (χ2n) is 2.81. The zero-order valence-corrected chi connectivity index (χ0v) is 9.11.